The molecule has 1 atom stereocenters. The Balaban J connectivity index is 2.44. The fraction of sp³-hybridized carbons (Fsp3) is 0.889. The fourth-order valence-electron chi connectivity index (χ4n) is 1.77. The van der Waals surface area contributed by atoms with Crippen molar-refractivity contribution in [2.45, 2.75) is 25.8 Å². The largest absolute Gasteiger partial charge is 0.353 e. The van der Waals surface area contributed by atoms with Crippen LogP contribution in [0.3, 0.4) is 0 Å². The van der Waals surface area contributed by atoms with E-state index in [-0.39, 0.29) is 11.9 Å². The predicted molar refractivity (Wildman–Crippen MR) is 52.3 cm³/mol. The van der Waals surface area contributed by atoms with Crippen LogP contribution in [0.4, 0.5) is 0 Å². The van der Waals surface area contributed by atoms with Gasteiger partial charge in [-0.25, -0.2) is 0 Å². The Labute approximate surface area is 79.5 Å². The Hall–Kier alpha value is -0.610. The number of carbonyl (C=O) groups excluding carboxylic acids is 1. The number of piperazine rings is 1. The number of hydrogen-bond acceptors (Lipinski definition) is 3. The highest BCUT2D eigenvalue weighted by Crippen LogP contribution is 2.08. The van der Waals surface area contributed by atoms with E-state index in [4.69, 9.17) is 5.73 Å². The predicted octanol–water partition coefficient (Wildman–Crippen LogP) is -0.454. The maximum atomic E-state index is 11.4. The molecule has 4 nitrogen and oxygen atoms in total. The van der Waals surface area contributed by atoms with Gasteiger partial charge in [-0.15, -0.1) is 0 Å². The van der Waals surface area contributed by atoms with Gasteiger partial charge in [0.25, 0.3) is 0 Å². The highest BCUT2D eigenvalue weighted by molar-refractivity contribution is 5.82. The smallest absolute Gasteiger partial charge is 0.237 e. The van der Waals surface area contributed by atoms with Crippen molar-refractivity contribution in [3.8, 4) is 0 Å². The highest BCUT2D eigenvalue weighted by atomic mass is 16.2. The molecule has 1 amide bonds. The standard InChI is InChI=1S/C9H19N3O/c1-2-8-9(13)11-5-7-12(8)6-3-4-10/h8H,2-7,10H2,1H3,(H,11,13). The molecular weight excluding hydrogens is 166 g/mol. The lowest BCUT2D eigenvalue weighted by Gasteiger charge is -2.34. The maximum Gasteiger partial charge on any atom is 0.237 e. The first kappa shape index (κ1) is 10.5. The lowest BCUT2D eigenvalue weighted by molar-refractivity contribution is -0.129. The summed E-state index contributed by atoms with van der Waals surface area (Å²) in [5.74, 6) is 0.172. The molecule has 0 radical (unpaired) electrons. The summed E-state index contributed by atoms with van der Waals surface area (Å²) in [5.41, 5.74) is 5.44. The van der Waals surface area contributed by atoms with Gasteiger partial charge in [-0.3, -0.25) is 9.69 Å². The minimum atomic E-state index is 0.0697. The SMILES string of the molecule is CCC1C(=O)NCCN1CCCN. The maximum absolute atomic E-state index is 11.4. The van der Waals surface area contributed by atoms with Gasteiger partial charge in [-0.1, -0.05) is 6.92 Å². The van der Waals surface area contributed by atoms with Crippen LogP contribution in [0, 0.1) is 0 Å². The van der Waals surface area contributed by atoms with Gasteiger partial charge in [0.2, 0.25) is 5.91 Å². The molecule has 4 heteroatoms. The first-order valence-corrected chi connectivity index (χ1v) is 5.01. The van der Waals surface area contributed by atoms with Crippen LogP contribution in [0.2, 0.25) is 0 Å². The minimum absolute atomic E-state index is 0.0697. The molecule has 0 aromatic rings. The second kappa shape index (κ2) is 5.19. The minimum Gasteiger partial charge on any atom is -0.353 e. The van der Waals surface area contributed by atoms with E-state index >= 15 is 0 Å². The number of amides is 1. The van der Waals surface area contributed by atoms with Gasteiger partial charge in [0, 0.05) is 19.6 Å². The fourth-order valence-corrected chi connectivity index (χ4v) is 1.77. The second-order valence-electron chi connectivity index (χ2n) is 3.39. The van der Waals surface area contributed by atoms with Gasteiger partial charge < -0.3 is 11.1 Å². The summed E-state index contributed by atoms with van der Waals surface area (Å²) in [6.07, 6.45) is 1.86. The topological polar surface area (TPSA) is 58.4 Å². The van der Waals surface area contributed by atoms with Crippen LogP contribution in [-0.2, 0) is 4.79 Å². The van der Waals surface area contributed by atoms with E-state index in [1.54, 1.807) is 0 Å². The van der Waals surface area contributed by atoms with Gasteiger partial charge in [0.05, 0.1) is 6.04 Å². The van der Waals surface area contributed by atoms with Crippen molar-refractivity contribution in [2.24, 2.45) is 5.73 Å². The normalized spacial score (nSPS) is 24.5. The molecule has 1 unspecified atom stereocenters. The van der Waals surface area contributed by atoms with E-state index < -0.39 is 0 Å². The molecule has 0 bridgehead atoms. The zero-order valence-corrected chi connectivity index (χ0v) is 8.25. The molecule has 1 fully saturated rings. The first-order chi connectivity index (χ1) is 6.29. The lowest BCUT2D eigenvalue weighted by atomic mass is 10.1. The van der Waals surface area contributed by atoms with Crippen molar-refractivity contribution < 1.29 is 4.79 Å². The highest BCUT2D eigenvalue weighted by Gasteiger charge is 2.26. The molecule has 0 aromatic carbocycles. The molecule has 0 spiro atoms. The zero-order valence-electron chi connectivity index (χ0n) is 8.25. The van der Waals surface area contributed by atoms with Crippen molar-refractivity contribution in [1.29, 1.82) is 0 Å². The van der Waals surface area contributed by atoms with Crippen LogP contribution in [0.1, 0.15) is 19.8 Å². The summed E-state index contributed by atoms with van der Waals surface area (Å²) in [5, 5.41) is 2.88. The molecule has 1 saturated heterocycles. The van der Waals surface area contributed by atoms with Crippen LogP contribution in [-0.4, -0.2) is 43.0 Å². The van der Waals surface area contributed by atoms with Gasteiger partial charge in [-0.05, 0) is 19.4 Å². The number of nitrogens with one attached hydrogen (secondary N) is 1. The monoisotopic (exact) mass is 185 g/mol. The molecule has 0 aliphatic carbocycles. The van der Waals surface area contributed by atoms with Gasteiger partial charge in [0.15, 0.2) is 0 Å². The molecule has 1 aliphatic heterocycles. The Morgan fingerprint density at radius 1 is 1.69 bits per heavy atom. The van der Waals surface area contributed by atoms with E-state index in [1.807, 2.05) is 6.92 Å². The van der Waals surface area contributed by atoms with E-state index in [9.17, 15) is 4.79 Å². The summed E-state index contributed by atoms with van der Waals surface area (Å²) in [7, 11) is 0. The van der Waals surface area contributed by atoms with E-state index in [2.05, 4.69) is 10.2 Å². The van der Waals surface area contributed by atoms with E-state index in [0.29, 0.717) is 6.54 Å². The van der Waals surface area contributed by atoms with Gasteiger partial charge in [0.1, 0.15) is 0 Å². The van der Waals surface area contributed by atoms with Crippen molar-refractivity contribution >= 4 is 5.91 Å². The van der Waals surface area contributed by atoms with Crippen LogP contribution >= 0.6 is 0 Å². The quantitative estimate of drug-likeness (QED) is 0.623. The van der Waals surface area contributed by atoms with Crippen LogP contribution in [0.25, 0.3) is 0 Å². The van der Waals surface area contributed by atoms with Crippen LogP contribution < -0.4 is 11.1 Å². The molecule has 76 valence electrons. The third kappa shape index (κ3) is 2.67. The lowest BCUT2D eigenvalue weighted by Crippen LogP contribution is -2.55. The van der Waals surface area contributed by atoms with E-state index in [1.165, 1.54) is 0 Å². The number of nitrogens with zero attached hydrogens (tertiary/aromatic N) is 1. The van der Waals surface area contributed by atoms with Gasteiger partial charge in [-0.2, -0.15) is 0 Å². The molecule has 3 N–H and O–H groups in total. The first-order valence-electron chi connectivity index (χ1n) is 5.01. The molecule has 0 aromatic heterocycles. The van der Waals surface area contributed by atoms with Crippen molar-refractivity contribution in [3.63, 3.8) is 0 Å². The molecule has 1 rings (SSSR count). The second-order valence-corrected chi connectivity index (χ2v) is 3.39. The summed E-state index contributed by atoms with van der Waals surface area (Å²) in [4.78, 5) is 13.6. The Morgan fingerprint density at radius 3 is 3.08 bits per heavy atom. The van der Waals surface area contributed by atoms with Crippen LogP contribution in [0.5, 0.6) is 0 Å². The summed E-state index contributed by atoms with van der Waals surface area (Å²) in [6, 6.07) is 0.0697. The molecule has 13 heavy (non-hydrogen) atoms. The summed E-state index contributed by atoms with van der Waals surface area (Å²) in [6.45, 7) is 5.44. The third-order valence-corrected chi connectivity index (χ3v) is 2.48. The number of hydrogen-bond donors (Lipinski definition) is 2. The Kier molecular flexibility index (Phi) is 4.18. The zero-order chi connectivity index (χ0) is 9.68. The summed E-state index contributed by atoms with van der Waals surface area (Å²) >= 11 is 0. The Bertz CT molecular complexity index is 172. The molecule has 1 heterocycles. The van der Waals surface area contributed by atoms with Gasteiger partial charge >= 0.3 is 0 Å². The molecular formula is C9H19N3O. The average molecular weight is 185 g/mol. The molecule has 0 saturated carbocycles. The number of carbonyl (C=O) groups is 1. The average Bonchev–Trinajstić information content (AvgIpc) is 2.15. The molecule has 1 aliphatic rings. The summed E-state index contributed by atoms with van der Waals surface area (Å²) < 4.78 is 0. The van der Waals surface area contributed by atoms with Crippen molar-refractivity contribution in [1.82, 2.24) is 10.2 Å². The van der Waals surface area contributed by atoms with Crippen molar-refractivity contribution in [2.75, 3.05) is 26.2 Å². The number of nitrogens with two attached hydrogens (primary N) is 1. The number of rotatable bonds is 4. The Morgan fingerprint density at radius 2 is 2.46 bits per heavy atom. The van der Waals surface area contributed by atoms with E-state index in [0.717, 1.165) is 32.5 Å². The third-order valence-electron chi connectivity index (χ3n) is 2.48. The van der Waals surface area contributed by atoms with Crippen molar-refractivity contribution in [3.05, 3.63) is 0 Å². The van der Waals surface area contributed by atoms with Crippen LogP contribution in [0.15, 0.2) is 0 Å².